The molecule has 0 bridgehead atoms. The molecule has 25 heavy (non-hydrogen) atoms. The molecule has 3 aromatic heterocycles. The number of morpholine rings is 1. The molecule has 4 rings (SSSR count). The fourth-order valence-corrected chi connectivity index (χ4v) is 3.05. The van der Waals surface area contributed by atoms with E-state index in [1.54, 1.807) is 36.5 Å². The van der Waals surface area contributed by atoms with Crippen LogP contribution in [0.5, 0.6) is 0 Å². The Morgan fingerprint density at radius 2 is 2.20 bits per heavy atom. The van der Waals surface area contributed by atoms with Crippen LogP contribution < -0.4 is 0 Å². The average molecular weight is 339 g/mol. The van der Waals surface area contributed by atoms with E-state index in [1.165, 1.54) is 0 Å². The van der Waals surface area contributed by atoms with Gasteiger partial charge in [0, 0.05) is 24.6 Å². The summed E-state index contributed by atoms with van der Waals surface area (Å²) in [4.78, 5) is 27.6. The standard InChI is InChI=1S/C17H17N5O3/c1-10-7-12(15-11(2)21-25-16(15)20-10)17(23)22-5-6-24-14(9-22)13-8-18-3-4-19-13/h3-4,7-8,14H,5-6,9H2,1-2H3/t14-/m1/s1. The second kappa shape index (κ2) is 6.21. The molecule has 1 aliphatic heterocycles. The van der Waals surface area contributed by atoms with Gasteiger partial charge in [0.1, 0.15) is 6.10 Å². The van der Waals surface area contributed by atoms with E-state index >= 15 is 0 Å². The summed E-state index contributed by atoms with van der Waals surface area (Å²) in [5.41, 5.74) is 3.04. The van der Waals surface area contributed by atoms with Crippen LogP contribution in [0.1, 0.15) is 33.5 Å². The number of ether oxygens (including phenoxy) is 1. The summed E-state index contributed by atoms with van der Waals surface area (Å²) in [6, 6.07) is 1.78. The number of carbonyl (C=O) groups excluding carboxylic acids is 1. The average Bonchev–Trinajstić information content (AvgIpc) is 3.02. The van der Waals surface area contributed by atoms with Gasteiger partial charge in [-0.25, -0.2) is 4.98 Å². The molecule has 0 spiro atoms. The minimum atomic E-state index is -0.284. The first kappa shape index (κ1) is 15.6. The maximum atomic E-state index is 13.1. The molecule has 4 heterocycles. The molecule has 0 saturated carbocycles. The number of nitrogens with zero attached hydrogens (tertiary/aromatic N) is 5. The molecule has 0 aliphatic carbocycles. The van der Waals surface area contributed by atoms with Crippen LogP contribution in [0.4, 0.5) is 0 Å². The fourth-order valence-electron chi connectivity index (χ4n) is 3.05. The van der Waals surface area contributed by atoms with Gasteiger partial charge in [-0.1, -0.05) is 5.16 Å². The van der Waals surface area contributed by atoms with Crippen LogP contribution in [0, 0.1) is 13.8 Å². The molecule has 1 aliphatic rings. The predicted molar refractivity (Wildman–Crippen MR) is 87.9 cm³/mol. The second-order valence-corrected chi connectivity index (χ2v) is 6.00. The van der Waals surface area contributed by atoms with E-state index in [-0.39, 0.29) is 12.0 Å². The largest absolute Gasteiger partial charge is 0.368 e. The Kier molecular flexibility index (Phi) is 3.89. The number of aryl methyl sites for hydroxylation is 2. The smallest absolute Gasteiger partial charge is 0.258 e. The van der Waals surface area contributed by atoms with Crippen LogP contribution in [0.3, 0.4) is 0 Å². The van der Waals surface area contributed by atoms with Crippen molar-refractivity contribution in [2.24, 2.45) is 0 Å². The number of hydrogen-bond donors (Lipinski definition) is 0. The van der Waals surface area contributed by atoms with Gasteiger partial charge < -0.3 is 14.2 Å². The maximum absolute atomic E-state index is 13.1. The summed E-state index contributed by atoms with van der Waals surface area (Å²) >= 11 is 0. The topological polar surface area (TPSA) is 94.2 Å². The molecular formula is C17H17N5O3. The van der Waals surface area contributed by atoms with Gasteiger partial charge in [0.2, 0.25) is 0 Å². The SMILES string of the molecule is Cc1cc(C(=O)N2CCO[C@@H](c3cnccn3)C2)c2c(C)noc2n1. The van der Waals surface area contributed by atoms with Crippen LogP contribution >= 0.6 is 0 Å². The fraction of sp³-hybridized carbons (Fsp3) is 0.353. The molecule has 0 N–H and O–H groups in total. The first-order chi connectivity index (χ1) is 12.1. The third-order valence-corrected chi connectivity index (χ3v) is 4.24. The van der Waals surface area contributed by atoms with E-state index in [1.807, 2.05) is 6.92 Å². The highest BCUT2D eigenvalue weighted by molar-refractivity contribution is 6.06. The quantitative estimate of drug-likeness (QED) is 0.703. The van der Waals surface area contributed by atoms with Crippen LogP contribution in [-0.4, -0.2) is 50.6 Å². The van der Waals surface area contributed by atoms with Crippen LogP contribution in [0.15, 0.2) is 29.2 Å². The Hall–Kier alpha value is -2.87. The Bertz CT molecular complexity index is 925. The molecular weight excluding hydrogens is 322 g/mol. The van der Waals surface area contributed by atoms with Crippen molar-refractivity contribution >= 4 is 17.0 Å². The van der Waals surface area contributed by atoms with Gasteiger partial charge in [-0.15, -0.1) is 0 Å². The number of amides is 1. The summed E-state index contributed by atoms with van der Waals surface area (Å²) < 4.78 is 11.0. The van der Waals surface area contributed by atoms with Gasteiger partial charge >= 0.3 is 0 Å². The maximum Gasteiger partial charge on any atom is 0.258 e. The van der Waals surface area contributed by atoms with E-state index < -0.39 is 0 Å². The van der Waals surface area contributed by atoms with E-state index in [0.717, 1.165) is 5.69 Å². The van der Waals surface area contributed by atoms with Crippen molar-refractivity contribution in [2.75, 3.05) is 19.7 Å². The van der Waals surface area contributed by atoms with Gasteiger partial charge in [0.25, 0.3) is 11.6 Å². The molecule has 3 aromatic rings. The summed E-state index contributed by atoms with van der Waals surface area (Å²) in [7, 11) is 0. The molecule has 8 nitrogen and oxygen atoms in total. The number of fused-ring (bicyclic) bond motifs is 1. The zero-order valence-electron chi connectivity index (χ0n) is 14.0. The molecule has 0 radical (unpaired) electrons. The van der Waals surface area contributed by atoms with Gasteiger partial charge in [-0.2, -0.15) is 0 Å². The van der Waals surface area contributed by atoms with Crippen molar-refractivity contribution in [3.63, 3.8) is 0 Å². The first-order valence-corrected chi connectivity index (χ1v) is 8.04. The molecule has 8 heteroatoms. The Labute approximate surface area is 143 Å². The van der Waals surface area contributed by atoms with Gasteiger partial charge in [-0.3, -0.25) is 14.8 Å². The number of carbonyl (C=O) groups is 1. The predicted octanol–water partition coefficient (Wildman–Crippen LogP) is 1.84. The van der Waals surface area contributed by atoms with Gasteiger partial charge in [0.15, 0.2) is 0 Å². The lowest BCUT2D eigenvalue weighted by molar-refractivity contribution is -0.0248. The van der Waals surface area contributed by atoms with E-state index in [2.05, 4.69) is 20.1 Å². The molecule has 1 amide bonds. The summed E-state index contributed by atoms with van der Waals surface area (Å²) in [6.07, 6.45) is 4.61. The first-order valence-electron chi connectivity index (χ1n) is 8.04. The van der Waals surface area contributed by atoms with Gasteiger partial charge in [-0.05, 0) is 19.9 Å². The monoisotopic (exact) mass is 339 g/mol. The minimum Gasteiger partial charge on any atom is -0.368 e. The highest BCUT2D eigenvalue weighted by Gasteiger charge is 2.29. The lowest BCUT2D eigenvalue weighted by Crippen LogP contribution is -2.42. The Morgan fingerprint density at radius 1 is 1.32 bits per heavy atom. The molecule has 0 unspecified atom stereocenters. The van der Waals surface area contributed by atoms with Crippen molar-refractivity contribution < 1.29 is 14.1 Å². The molecule has 1 saturated heterocycles. The van der Waals surface area contributed by atoms with Crippen molar-refractivity contribution in [3.05, 3.63) is 47.3 Å². The number of hydrogen-bond acceptors (Lipinski definition) is 7. The van der Waals surface area contributed by atoms with Crippen molar-refractivity contribution in [2.45, 2.75) is 20.0 Å². The lowest BCUT2D eigenvalue weighted by Gasteiger charge is -2.32. The molecule has 1 fully saturated rings. The van der Waals surface area contributed by atoms with E-state index in [4.69, 9.17) is 9.26 Å². The Morgan fingerprint density at radius 3 is 3.00 bits per heavy atom. The number of pyridine rings is 1. The normalized spacial score (nSPS) is 17.8. The molecule has 0 aromatic carbocycles. The van der Waals surface area contributed by atoms with Crippen molar-refractivity contribution in [1.29, 1.82) is 0 Å². The van der Waals surface area contributed by atoms with Gasteiger partial charge in [0.05, 0.1) is 41.7 Å². The van der Waals surface area contributed by atoms with E-state index in [9.17, 15) is 4.79 Å². The van der Waals surface area contributed by atoms with Crippen LogP contribution in [0.25, 0.3) is 11.1 Å². The third-order valence-electron chi connectivity index (χ3n) is 4.24. The van der Waals surface area contributed by atoms with Crippen molar-refractivity contribution in [1.82, 2.24) is 25.0 Å². The van der Waals surface area contributed by atoms with E-state index in [0.29, 0.717) is 47.7 Å². The zero-order valence-corrected chi connectivity index (χ0v) is 14.0. The van der Waals surface area contributed by atoms with Crippen LogP contribution in [0.2, 0.25) is 0 Å². The summed E-state index contributed by atoms with van der Waals surface area (Å²) in [5, 5.41) is 4.60. The van der Waals surface area contributed by atoms with Crippen molar-refractivity contribution in [3.8, 4) is 0 Å². The van der Waals surface area contributed by atoms with Crippen LogP contribution in [-0.2, 0) is 4.74 Å². The summed E-state index contributed by atoms with van der Waals surface area (Å²) in [5.74, 6) is -0.0843. The highest BCUT2D eigenvalue weighted by atomic mass is 16.5. The number of aromatic nitrogens is 4. The number of rotatable bonds is 2. The lowest BCUT2D eigenvalue weighted by atomic mass is 10.1. The Balaban J connectivity index is 1.66. The second-order valence-electron chi connectivity index (χ2n) is 6.00. The highest BCUT2D eigenvalue weighted by Crippen LogP contribution is 2.26. The minimum absolute atomic E-state index is 0.0843. The third kappa shape index (κ3) is 2.85. The molecule has 1 atom stereocenters. The zero-order chi connectivity index (χ0) is 17.4. The molecule has 128 valence electrons. The summed E-state index contributed by atoms with van der Waals surface area (Å²) in [6.45, 7) is 5.02.